The molecule has 3 heterocycles. The summed E-state index contributed by atoms with van der Waals surface area (Å²) in [5.74, 6) is -0.515. The molecule has 45 heavy (non-hydrogen) atoms. The minimum absolute atomic E-state index is 0.190. The van der Waals surface area contributed by atoms with Crippen molar-refractivity contribution in [2.45, 2.75) is 19.5 Å². The Hall–Kier alpha value is -4.98. The standard InChI is InChI=1S/C37H28ClN3O3S/c1-2-44-36(43)32-33(25-13-7-4-8-14-25)39-37-41(34(32)26-17-19-28(38)20-18-26)35(42)31(45-37)21-27-23-40(22-24-11-5-3-6-12-24)30-16-10-9-15-29(27)30/h3-21,23,34H,2,22H2,1H3/b31-21-. The van der Waals surface area contributed by atoms with Crippen LogP contribution in [0, 0.1) is 0 Å². The molecule has 0 N–H and O–H groups in total. The van der Waals surface area contributed by atoms with Gasteiger partial charge in [0.15, 0.2) is 4.80 Å². The molecule has 1 atom stereocenters. The third kappa shape index (κ3) is 5.45. The molecule has 0 aliphatic carbocycles. The summed E-state index contributed by atoms with van der Waals surface area (Å²) in [4.78, 5) is 33.5. The molecule has 2 aromatic heterocycles. The molecule has 222 valence electrons. The maximum Gasteiger partial charge on any atom is 0.338 e. The lowest BCUT2D eigenvalue weighted by Gasteiger charge is -2.25. The lowest BCUT2D eigenvalue weighted by Crippen LogP contribution is -2.40. The molecular weight excluding hydrogens is 602 g/mol. The van der Waals surface area contributed by atoms with E-state index in [1.807, 2.05) is 78.9 Å². The molecule has 0 bridgehead atoms. The first kappa shape index (κ1) is 28.8. The van der Waals surface area contributed by atoms with E-state index in [-0.39, 0.29) is 12.2 Å². The first-order valence-electron chi connectivity index (χ1n) is 14.7. The Kier molecular flexibility index (Phi) is 7.79. The molecule has 0 amide bonds. The predicted octanol–water partition coefficient (Wildman–Crippen LogP) is 6.59. The van der Waals surface area contributed by atoms with Gasteiger partial charge in [0.2, 0.25) is 0 Å². The largest absolute Gasteiger partial charge is 0.463 e. The van der Waals surface area contributed by atoms with Gasteiger partial charge in [-0.2, -0.15) is 0 Å². The van der Waals surface area contributed by atoms with Gasteiger partial charge in [0.05, 0.1) is 28.5 Å². The van der Waals surface area contributed by atoms with E-state index in [0.29, 0.717) is 32.2 Å². The zero-order valence-corrected chi connectivity index (χ0v) is 26.0. The van der Waals surface area contributed by atoms with E-state index in [2.05, 4.69) is 35.0 Å². The second-order valence-corrected chi connectivity index (χ2v) is 12.1. The second-order valence-electron chi connectivity index (χ2n) is 10.7. The molecule has 4 aromatic carbocycles. The summed E-state index contributed by atoms with van der Waals surface area (Å²) >= 11 is 7.57. The molecule has 0 spiro atoms. The normalized spacial score (nSPS) is 14.8. The predicted molar refractivity (Wildman–Crippen MR) is 180 cm³/mol. The number of rotatable bonds is 7. The Balaban J connectivity index is 1.45. The highest BCUT2D eigenvalue weighted by Gasteiger charge is 2.35. The van der Waals surface area contributed by atoms with E-state index in [0.717, 1.165) is 27.6 Å². The quantitative estimate of drug-likeness (QED) is 0.187. The highest BCUT2D eigenvalue weighted by molar-refractivity contribution is 7.07. The summed E-state index contributed by atoms with van der Waals surface area (Å²) in [6.07, 6.45) is 4.02. The summed E-state index contributed by atoms with van der Waals surface area (Å²) in [5, 5.41) is 1.61. The Morgan fingerprint density at radius 1 is 0.933 bits per heavy atom. The van der Waals surface area contributed by atoms with Crippen molar-refractivity contribution in [2.75, 3.05) is 6.61 Å². The van der Waals surface area contributed by atoms with Crippen LogP contribution in [0.5, 0.6) is 0 Å². The monoisotopic (exact) mass is 629 g/mol. The van der Waals surface area contributed by atoms with E-state index < -0.39 is 12.0 Å². The van der Waals surface area contributed by atoms with Crippen LogP contribution in [-0.2, 0) is 16.1 Å². The maximum absolute atomic E-state index is 14.3. The summed E-state index contributed by atoms with van der Waals surface area (Å²) < 4.78 is 9.90. The van der Waals surface area contributed by atoms with Crippen LogP contribution in [0.15, 0.2) is 131 Å². The third-order valence-corrected chi connectivity index (χ3v) is 9.10. The Labute approximate surface area is 268 Å². The maximum atomic E-state index is 14.3. The molecule has 0 fully saturated rings. The van der Waals surface area contributed by atoms with E-state index in [4.69, 9.17) is 21.3 Å². The number of aromatic nitrogens is 2. The molecule has 8 heteroatoms. The van der Waals surface area contributed by atoms with E-state index in [1.54, 1.807) is 23.6 Å². The molecular formula is C37H28ClN3O3S. The van der Waals surface area contributed by atoms with Crippen LogP contribution in [0.3, 0.4) is 0 Å². The number of hydrogen-bond acceptors (Lipinski definition) is 5. The fourth-order valence-electron chi connectivity index (χ4n) is 5.84. The average molecular weight is 630 g/mol. The van der Waals surface area contributed by atoms with Crippen molar-refractivity contribution in [3.63, 3.8) is 0 Å². The van der Waals surface area contributed by atoms with Crippen molar-refractivity contribution in [1.82, 2.24) is 9.13 Å². The van der Waals surface area contributed by atoms with Crippen molar-refractivity contribution in [2.24, 2.45) is 4.99 Å². The molecule has 1 unspecified atom stereocenters. The molecule has 7 rings (SSSR count). The topological polar surface area (TPSA) is 65.6 Å². The molecule has 6 aromatic rings. The molecule has 6 nitrogen and oxygen atoms in total. The number of benzene rings is 4. The lowest BCUT2D eigenvalue weighted by molar-refractivity contribution is -0.138. The molecule has 1 aliphatic rings. The van der Waals surface area contributed by atoms with Gasteiger partial charge in [-0.3, -0.25) is 9.36 Å². The Morgan fingerprint density at radius 3 is 2.36 bits per heavy atom. The van der Waals surface area contributed by atoms with Crippen LogP contribution in [0.1, 0.15) is 35.2 Å². The summed E-state index contributed by atoms with van der Waals surface area (Å²) in [6.45, 7) is 2.66. The van der Waals surface area contributed by atoms with Crippen LogP contribution in [-0.4, -0.2) is 21.7 Å². The Morgan fingerprint density at radius 2 is 1.62 bits per heavy atom. The molecule has 0 saturated heterocycles. The molecule has 0 radical (unpaired) electrons. The minimum Gasteiger partial charge on any atom is -0.463 e. The summed E-state index contributed by atoms with van der Waals surface area (Å²) in [6, 6.07) is 34.5. The SMILES string of the molecule is CCOC(=O)C1=C(c2ccccc2)N=c2s/c(=C\c3cn(Cc4ccccc4)c4ccccc34)c(=O)n2C1c1ccc(Cl)cc1. The van der Waals surface area contributed by atoms with Crippen molar-refractivity contribution in [3.05, 3.63) is 168 Å². The average Bonchev–Trinajstić information content (AvgIpc) is 3.57. The van der Waals surface area contributed by atoms with E-state index >= 15 is 0 Å². The summed E-state index contributed by atoms with van der Waals surface area (Å²) in [5.41, 5.74) is 5.27. The number of fused-ring (bicyclic) bond motifs is 2. The number of esters is 1. The van der Waals surface area contributed by atoms with Gasteiger partial charge in [-0.25, -0.2) is 9.79 Å². The number of hydrogen-bond donors (Lipinski definition) is 0. The number of halogens is 1. The molecule has 1 aliphatic heterocycles. The smallest absolute Gasteiger partial charge is 0.338 e. The number of ether oxygens (including phenoxy) is 1. The highest BCUT2D eigenvalue weighted by atomic mass is 35.5. The fraction of sp³-hybridized carbons (Fsp3) is 0.108. The summed E-state index contributed by atoms with van der Waals surface area (Å²) in [7, 11) is 0. The van der Waals surface area contributed by atoms with Crippen LogP contribution in [0.4, 0.5) is 0 Å². The fourth-order valence-corrected chi connectivity index (χ4v) is 6.96. The lowest BCUT2D eigenvalue weighted by atomic mass is 9.93. The van der Waals surface area contributed by atoms with Crippen molar-refractivity contribution < 1.29 is 9.53 Å². The van der Waals surface area contributed by atoms with Crippen molar-refractivity contribution in [1.29, 1.82) is 0 Å². The van der Waals surface area contributed by atoms with Gasteiger partial charge in [0.1, 0.15) is 0 Å². The van der Waals surface area contributed by atoms with Gasteiger partial charge in [-0.1, -0.05) is 114 Å². The van der Waals surface area contributed by atoms with Crippen molar-refractivity contribution in [3.8, 4) is 0 Å². The third-order valence-electron chi connectivity index (χ3n) is 7.86. The van der Waals surface area contributed by atoms with Gasteiger partial charge in [0.25, 0.3) is 5.56 Å². The zero-order chi connectivity index (χ0) is 30.9. The number of nitrogens with zero attached hydrogens (tertiary/aromatic N) is 3. The van der Waals surface area contributed by atoms with Gasteiger partial charge >= 0.3 is 5.97 Å². The van der Waals surface area contributed by atoms with Gasteiger partial charge in [0, 0.05) is 39.8 Å². The second kappa shape index (κ2) is 12.2. The number of para-hydroxylation sites is 1. The van der Waals surface area contributed by atoms with Gasteiger partial charge in [-0.15, -0.1) is 0 Å². The van der Waals surface area contributed by atoms with Crippen LogP contribution in [0.2, 0.25) is 5.02 Å². The zero-order valence-electron chi connectivity index (χ0n) is 24.4. The van der Waals surface area contributed by atoms with Crippen LogP contribution >= 0.6 is 22.9 Å². The van der Waals surface area contributed by atoms with Gasteiger partial charge < -0.3 is 9.30 Å². The number of thiazole rings is 1. The first-order chi connectivity index (χ1) is 22.0. The Bertz CT molecular complexity index is 2250. The van der Waals surface area contributed by atoms with E-state index in [1.165, 1.54) is 16.9 Å². The molecule has 0 saturated carbocycles. The number of carbonyl (C=O) groups excluding carboxylic acids is 1. The van der Waals surface area contributed by atoms with Gasteiger partial charge in [-0.05, 0) is 42.3 Å². The van der Waals surface area contributed by atoms with E-state index in [9.17, 15) is 9.59 Å². The highest BCUT2D eigenvalue weighted by Crippen LogP contribution is 2.35. The first-order valence-corrected chi connectivity index (χ1v) is 15.9. The van der Waals surface area contributed by atoms with Crippen LogP contribution in [0.25, 0.3) is 22.7 Å². The van der Waals surface area contributed by atoms with Crippen molar-refractivity contribution >= 4 is 51.6 Å². The number of carbonyl (C=O) groups is 1. The minimum atomic E-state index is -0.755. The van der Waals surface area contributed by atoms with Crippen LogP contribution < -0.4 is 14.9 Å².